The predicted octanol–water partition coefficient (Wildman–Crippen LogP) is -1.02. The third-order valence-electron chi connectivity index (χ3n) is 3.29. The van der Waals surface area contributed by atoms with Gasteiger partial charge >= 0.3 is 5.97 Å². The van der Waals surface area contributed by atoms with Crippen molar-refractivity contribution in [2.24, 2.45) is 22.2 Å². The smallest absolute Gasteiger partial charge is 0.326 e. The Morgan fingerprint density at radius 1 is 1.14 bits per heavy atom. The number of guanidine groups is 1. The number of carboxylic acids is 2. The summed E-state index contributed by atoms with van der Waals surface area (Å²) in [5, 5.41) is 28.2. The van der Waals surface area contributed by atoms with Gasteiger partial charge in [-0.2, -0.15) is 0 Å². The second-order valence-electron chi connectivity index (χ2n) is 5.84. The molecule has 0 saturated heterocycles. The first-order chi connectivity index (χ1) is 13.0. The molecule has 0 radical (unpaired) electrons. The third kappa shape index (κ3) is 12.1. The number of rotatable bonds is 9. The van der Waals surface area contributed by atoms with Gasteiger partial charge in [0.15, 0.2) is 5.96 Å². The van der Waals surface area contributed by atoms with Gasteiger partial charge in [-0.15, -0.1) is 0 Å². The van der Waals surface area contributed by atoms with Gasteiger partial charge in [-0.25, -0.2) is 4.79 Å². The van der Waals surface area contributed by atoms with Gasteiger partial charge in [-0.3, -0.25) is 14.6 Å². The summed E-state index contributed by atoms with van der Waals surface area (Å²) in [6.07, 6.45) is 0.818. The van der Waals surface area contributed by atoms with E-state index in [2.05, 4.69) is 10.3 Å². The summed E-state index contributed by atoms with van der Waals surface area (Å²) in [4.78, 5) is 36.0. The molecule has 0 aliphatic carbocycles. The van der Waals surface area contributed by atoms with E-state index in [-0.39, 0.29) is 31.1 Å². The zero-order valence-corrected chi connectivity index (χ0v) is 15.5. The minimum Gasteiger partial charge on any atom is -0.508 e. The number of hydrogen-bond acceptors (Lipinski definition) is 6. The second-order valence-corrected chi connectivity index (χ2v) is 5.84. The van der Waals surface area contributed by atoms with E-state index in [4.69, 9.17) is 32.2 Å². The van der Waals surface area contributed by atoms with Crippen LogP contribution in [0.15, 0.2) is 29.3 Å². The zero-order chi connectivity index (χ0) is 21.7. The van der Waals surface area contributed by atoms with Crippen molar-refractivity contribution in [3.8, 4) is 5.75 Å². The van der Waals surface area contributed by atoms with Gasteiger partial charge in [0.25, 0.3) is 5.97 Å². The molecule has 1 rings (SSSR count). The van der Waals surface area contributed by atoms with E-state index >= 15 is 0 Å². The molecule has 0 bridgehead atoms. The van der Waals surface area contributed by atoms with Gasteiger partial charge in [0.05, 0.1) is 6.04 Å². The molecule has 0 fully saturated rings. The number of aliphatic imine (C=N–C) groups is 1. The van der Waals surface area contributed by atoms with Crippen molar-refractivity contribution in [1.82, 2.24) is 5.32 Å². The Kier molecular flexibility index (Phi) is 11.4. The highest BCUT2D eigenvalue weighted by molar-refractivity contribution is 5.87. The van der Waals surface area contributed by atoms with E-state index in [1.165, 1.54) is 12.1 Å². The minimum absolute atomic E-state index is 0.0677. The monoisotopic (exact) mass is 397 g/mol. The van der Waals surface area contributed by atoms with Gasteiger partial charge < -0.3 is 37.8 Å². The normalized spacial score (nSPS) is 11.9. The third-order valence-corrected chi connectivity index (χ3v) is 3.29. The van der Waals surface area contributed by atoms with Gasteiger partial charge in [0, 0.05) is 13.5 Å². The highest BCUT2D eigenvalue weighted by Gasteiger charge is 2.23. The fourth-order valence-corrected chi connectivity index (χ4v) is 2.02. The van der Waals surface area contributed by atoms with Crippen molar-refractivity contribution in [3.63, 3.8) is 0 Å². The number of carbonyl (C=O) groups is 3. The number of nitrogens with two attached hydrogens (primary N) is 3. The summed E-state index contributed by atoms with van der Waals surface area (Å²) < 4.78 is 0. The number of nitrogens with one attached hydrogen (secondary N) is 1. The first kappa shape index (κ1) is 24.7. The number of carbonyl (C=O) groups excluding carboxylic acids is 1. The maximum absolute atomic E-state index is 12.1. The molecule has 10 N–H and O–H groups in total. The van der Waals surface area contributed by atoms with Crippen LogP contribution in [0, 0.1) is 0 Å². The standard InChI is InChI=1S/C15H23N5O4.C2H4O2/c16-11(8-9-3-5-10(21)6-4-9)13(22)20-12(14(23)24)2-1-7-19-15(17)18;1-2(3)4/h3-6,11-12,21H,1-2,7-8,16H2,(H,20,22)(H,23,24)(H4,17,18,19);1H3,(H,3,4). The van der Waals surface area contributed by atoms with Crippen molar-refractivity contribution in [3.05, 3.63) is 29.8 Å². The maximum Gasteiger partial charge on any atom is 0.326 e. The van der Waals surface area contributed by atoms with Crippen molar-refractivity contribution in [2.45, 2.75) is 38.3 Å². The van der Waals surface area contributed by atoms with Crippen LogP contribution in [-0.4, -0.2) is 57.8 Å². The van der Waals surface area contributed by atoms with Gasteiger partial charge in [-0.1, -0.05) is 12.1 Å². The van der Waals surface area contributed by atoms with Gasteiger partial charge in [-0.05, 0) is 37.0 Å². The van der Waals surface area contributed by atoms with E-state index in [9.17, 15) is 14.7 Å². The molecule has 1 amide bonds. The number of nitrogens with zero attached hydrogens (tertiary/aromatic N) is 1. The highest BCUT2D eigenvalue weighted by atomic mass is 16.4. The average molecular weight is 397 g/mol. The zero-order valence-electron chi connectivity index (χ0n) is 15.5. The summed E-state index contributed by atoms with van der Waals surface area (Å²) in [5.41, 5.74) is 16.9. The highest BCUT2D eigenvalue weighted by Crippen LogP contribution is 2.11. The molecule has 1 aromatic carbocycles. The lowest BCUT2D eigenvalue weighted by molar-refractivity contribution is -0.142. The van der Waals surface area contributed by atoms with Crippen LogP contribution in [0.25, 0.3) is 0 Å². The van der Waals surface area contributed by atoms with Crippen molar-refractivity contribution >= 4 is 23.8 Å². The molecule has 2 atom stereocenters. The fourth-order valence-electron chi connectivity index (χ4n) is 2.02. The summed E-state index contributed by atoms with van der Waals surface area (Å²) in [6, 6.07) is 4.32. The maximum atomic E-state index is 12.1. The molecule has 0 aliphatic heterocycles. The number of phenolic OH excluding ortho intramolecular Hbond substituents is 1. The number of benzene rings is 1. The Morgan fingerprint density at radius 3 is 2.14 bits per heavy atom. The van der Waals surface area contributed by atoms with E-state index in [0.29, 0.717) is 6.42 Å². The lowest BCUT2D eigenvalue weighted by atomic mass is 10.0. The summed E-state index contributed by atoms with van der Waals surface area (Å²) in [6.45, 7) is 1.36. The minimum atomic E-state index is -1.15. The molecule has 28 heavy (non-hydrogen) atoms. The van der Waals surface area contributed by atoms with Gasteiger partial charge in [0.2, 0.25) is 5.91 Å². The molecule has 0 spiro atoms. The quantitative estimate of drug-likeness (QED) is 0.154. The second kappa shape index (κ2) is 12.9. The van der Waals surface area contributed by atoms with Crippen LogP contribution in [0.2, 0.25) is 0 Å². The van der Waals surface area contributed by atoms with Crippen molar-refractivity contribution in [1.29, 1.82) is 0 Å². The molecule has 11 nitrogen and oxygen atoms in total. The molecule has 1 aromatic rings. The van der Waals surface area contributed by atoms with Crippen LogP contribution < -0.4 is 22.5 Å². The summed E-state index contributed by atoms with van der Waals surface area (Å²) in [5.74, 6) is -2.49. The topological polar surface area (TPSA) is 214 Å². The molecular weight excluding hydrogens is 370 g/mol. The van der Waals surface area contributed by atoms with Crippen LogP contribution in [0.5, 0.6) is 5.75 Å². The van der Waals surface area contributed by atoms with E-state index in [1.54, 1.807) is 12.1 Å². The largest absolute Gasteiger partial charge is 0.508 e. The van der Waals surface area contributed by atoms with Crippen molar-refractivity contribution in [2.75, 3.05) is 6.54 Å². The summed E-state index contributed by atoms with van der Waals surface area (Å²) in [7, 11) is 0. The van der Waals surface area contributed by atoms with E-state index in [1.807, 2.05) is 0 Å². The average Bonchev–Trinajstić information content (AvgIpc) is 2.58. The van der Waals surface area contributed by atoms with Gasteiger partial charge in [0.1, 0.15) is 11.8 Å². The van der Waals surface area contributed by atoms with Crippen LogP contribution in [0.4, 0.5) is 0 Å². The number of phenols is 1. The predicted molar refractivity (Wildman–Crippen MR) is 103 cm³/mol. The molecule has 0 aromatic heterocycles. The SMILES string of the molecule is CC(=O)O.NC(N)=NCCCC(NC(=O)C(N)Cc1ccc(O)cc1)C(=O)O. The summed E-state index contributed by atoms with van der Waals surface area (Å²) >= 11 is 0. The molecule has 0 aliphatic rings. The Balaban J connectivity index is 0.00000165. The molecule has 156 valence electrons. The number of carboxylic acid groups (broad SMARTS) is 2. The Labute approximate surface area is 162 Å². The number of hydrogen-bond donors (Lipinski definition) is 7. The van der Waals surface area contributed by atoms with Crippen molar-refractivity contribution < 1.29 is 29.7 Å². The molecule has 11 heteroatoms. The lowest BCUT2D eigenvalue weighted by Gasteiger charge is -2.17. The Hall–Kier alpha value is -3.34. The van der Waals surface area contributed by atoms with Crippen LogP contribution >= 0.6 is 0 Å². The van der Waals surface area contributed by atoms with E-state index < -0.39 is 29.9 Å². The lowest BCUT2D eigenvalue weighted by Crippen LogP contribution is -2.49. The van der Waals surface area contributed by atoms with Crippen LogP contribution in [0.3, 0.4) is 0 Å². The number of amides is 1. The first-order valence-electron chi connectivity index (χ1n) is 8.34. The molecular formula is C17H27N5O6. The fraction of sp³-hybridized carbons (Fsp3) is 0.412. The van der Waals surface area contributed by atoms with E-state index in [0.717, 1.165) is 12.5 Å². The Bertz CT molecular complexity index is 669. The molecule has 0 heterocycles. The molecule has 2 unspecified atom stereocenters. The first-order valence-corrected chi connectivity index (χ1v) is 8.34. The number of aliphatic carboxylic acids is 2. The van der Waals surface area contributed by atoms with Crippen LogP contribution in [-0.2, 0) is 20.8 Å². The number of aromatic hydroxyl groups is 1. The van der Waals surface area contributed by atoms with Crippen LogP contribution in [0.1, 0.15) is 25.3 Å². The Morgan fingerprint density at radius 2 is 1.68 bits per heavy atom. The molecule has 0 saturated carbocycles.